The maximum atomic E-state index is 12.3. The Morgan fingerprint density at radius 3 is 2.82 bits per heavy atom. The molecule has 6 heteroatoms. The van der Waals surface area contributed by atoms with Gasteiger partial charge in [-0.05, 0) is 50.0 Å². The van der Waals surface area contributed by atoms with Crippen LogP contribution in [0.2, 0.25) is 0 Å². The lowest BCUT2D eigenvalue weighted by molar-refractivity contribution is -0.168. The fraction of sp³-hybridized carbons (Fsp3) is 0.625. The number of carbonyl (C=O) groups excluding carboxylic acids is 2. The maximum absolute atomic E-state index is 12.3. The predicted octanol–water partition coefficient (Wildman–Crippen LogP) is 2.26. The monoisotopic (exact) mass is 323 g/mol. The summed E-state index contributed by atoms with van der Waals surface area (Å²) >= 11 is 1.64. The van der Waals surface area contributed by atoms with Crippen molar-refractivity contribution < 1.29 is 19.4 Å². The summed E-state index contributed by atoms with van der Waals surface area (Å²) in [6, 6.07) is 4.12. The largest absolute Gasteiger partial charge is 0.453 e. The average Bonchev–Trinajstić information content (AvgIpc) is 3.23. The van der Waals surface area contributed by atoms with E-state index in [4.69, 9.17) is 4.74 Å². The van der Waals surface area contributed by atoms with Crippen LogP contribution in [0.4, 0.5) is 0 Å². The van der Waals surface area contributed by atoms with Gasteiger partial charge in [-0.2, -0.15) is 0 Å². The standard InChI is InChI=1S/C16H21NO4S/c18-14(11-21-15(19)16(20)7-1-2-8-16)17-9-3-5-12(17)13-6-4-10-22-13/h4,6,10,12,20H,1-3,5,7-9,11H2/t12-/m0/s1. The summed E-state index contributed by atoms with van der Waals surface area (Å²) < 4.78 is 5.09. The van der Waals surface area contributed by atoms with Crippen LogP contribution in [0.15, 0.2) is 17.5 Å². The van der Waals surface area contributed by atoms with Gasteiger partial charge in [-0.15, -0.1) is 11.3 Å². The van der Waals surface area contributed by atoms with E-state index in [-0.39, 0.29) is 18.6 Å². The topological polar surface area (TPSA) is 66.8 Å². The molecule has 1 aromatic heterocycles. The summed E-state index contributed by atoms with van der Waals surface area (Å²) in [5.41, 5.74) is -1.38. The highest BCUT2D eigenvalue weighted by Crippen LogP contribution is 2.35. The lowest BCUT2D eigenvalue weighted by atomic mass is 10.0. The van der Waals surface area contributed by atoms with E-state index >= 15 is 0 Å². The minimum Gasteiger partial charge on any atom is -0.453 e. The highest BCUT2D eigenvalue weighted by molar-refractivity contribution is 7.10. The summed E-state index contributed by atoms with van der Waals surface area (Å²) in [5.74, 6) is -0.823. The molecule has 5 nitrogen and oxygen atoms in total. The van der Waals surface area contributed by atoms with E-state index in [1.54, 1.807) is 16.2 Å². The summed E-state index contributed by atoms with van der Waals surface area (Å²) in [6.07, 6.45) is 4.43. The van der Waals surface area contributed by atoms with Crippen molar-refractivity contribution in [1.82, 2.24) is 4.90 Å². The molecule has 0 bridgehead atoms. The second kappa shape index (κ2) is 6.38. The molecule has 22 heavy (non-hydrogen) atoms. The van der Waals surface area contributed by atoms with Crippen molar-refractivity contribution in [1.29, 1.82) is 0 Å². The molecule has 2 fully saturated rings. The highest BCUT2D eigenvalue weighted by Gasteiger charge is 2.41. The van der Waals surface area contributed by atoms with Crippen molar-refractivity contribution >= 4 is 23.2 Å². The van der Waals surface area contributed by atoms with Crippen LogP contribution < -0.4 is 0 Å². The van der Waals surface area contributed by atoms with E-state index in [2.05, 4.69) is 0 Å². The van der Waals surface area contributed by atoms with Crippen molar-refractivity contribution in [3.8, 4) is 0 Å². The Hall–Kier alpha value is -1.40. The highest BCUT2D eigenvalue weighted by atomic mass is 32.1. The number of hydrogen-bond acceptors (Lipinski definition) is 5. The molecule has 1 amide bonds. The molecule has 0 unspecified atom stereocenters. The fourth-order valence-corrected chi connectivity index (χ4v) is 4.22. The third-order valence-corrected chi connectivity index (χ3v) is 5.56. The number of esters is 1. The number of rotatable bonds is 4. The number of carbonyl (C=O) groups is 2. The van der Waals surface area contributed by atoms with E-state index in [1.807, 2.05) is 17.5 Å². The Bertz CT molecular complexity index is 536. The zero-order valence-corrected chi connectivity index (χ0v) is 13.3. The van der Waals surface area contributed by atoms with Crippen LogP contribution in [0.25, 0.3) is 0 Å². The number of likely N-dealkylation sites (tertiary alicyclic amines) is 1. The van der Waals surface area contributed by atoms with Gasteiger partial charge >= 0.3 is 5.97 Å². The second-order valence-corrected chi connectivity index (χ2v) is 7.05. The Morgan fingerprint density at radius 1 is 1.36 bits per heavy atom. The predicted molar refractivity (Wildman–Crippen MR) is 82.4 cm³/mol. The van der Waals surface area contributed by atoms with Gasteiger partial charge in [-0.3, -0.25) is 4.79 Å². The van der Waals surface area contributed by atoms with Crippen molar-refractivity contribution in [2.75, 3.05) is 13.2 Å². The minimum absolute atomic E-state index is 0.0979. The van der Waals surface area contributed by atoms with Crippen LogP contribution >= 0.6 is 11.3 Å². The lowest BCUT2D eigenvalue weighted by Gasteiger charge is -2.25. The van der Waals surface area contributed by atoms with Gasteiger partial charge in [0.25, 0.3) is 5.91 Å². The van der Waals surface area contributed by atoms with Gasteiger partial charge in [0.15, 0.2) is 12.2 Å². The van der Waals surface area contributed by atoms with Crippen LogP contribution in [0.1, 0.15) is 49.4 Å². The maximum Gasteiger partial charge on any atom is 0.338 e. The zero-order valence-electron chi connectivity index (χ0n) is 12.5. The van der Waals surface area contributed by atoms with Gasteiger partial charge in [0.1, 0.15) is 0 Å². The molecule has 120 valence electrons. The molecule has 3 rings (SSSR count). The first-order valence-electron chi connectivity index (χ1n) is 7.83. The van der Waals surface area contributed by atoms with Crippen LogP contribution in [0.3, 0.4) is 0 Å². The summed E-state index contributed by atoms with van der Waals surface area (Å²) in [5, 5.41) is 12.1. The average molecular weight is 323 g/mol. The van der Waals surface area contributed by atoms with Crippen molar-refractivity contribution in [3.05, 3.63) is 22.4 Å². The lowest BCUT2D eigenvalue weighted by Crippen LogP contribution is -2.40. The molecule has 0 spiro atoms. The van der Waals surface area contributed by atoms with Gasteiger partial charge in [-0.1, -0.05) is 6.07 Å². The van der Waals surface area contributed by atoms with E-state index in [0.717, 1.165) is 25.7 Å². The smallest absolute Gasteiger partial charge is 0.338 e. The Kier molecular flexibility index (Phi) is 4.49. The Morgan fingerprint density at radius 2 is 2.14 bits per heavy atom. The van der Waals surface area contributed by atoms with Crippen LogP contribution in [0.5, 0.6) is 0 Å². The third-order valence-electron chi connectivity index (χ3n) is 4.58. The first-order valence-corrected chi connectivity index (χ1v) is 8.71. The van der Waals surface area contributed by atoms with Crippen LogP contribution in [-0.4, -0.2) is 40.6 Å². The molecular weight excluding hydrogens is 302 g/mol. The number of thiophene rings is 1. The van der Waals surface area contributed by atoms with Gasteiger partial charge in [-0.25, -0.2) is 4.79 Å². The number of nitrogens with zero attached hydrogens (tertiary/aromatic N) is 1. The Labute approximate surface area is 133 Å². The summed E-state index contributed by atoms with van der Waals surface area (Å²) in [4.78, 5) is 27.3. The molecule has 0 aromatic carbocycles. The molecule has 1 atom stereocenters. The summed E-state index contributed by atoms with van der Waals surface area (Å²) in [7, 11) is 0. The fourth-order valence-electron chi connectivity index (χ4n) is 3.35. The molecule has 1 saturated carbocycles. The van der Waals surface area contributed by atoms with Crippen molar-refractivity contribution in [2.45, 2.75) is 50.2 Å². The van der Waals surface area contributed by atoms with E-state index in [0.29, 0.717) is 19.4 Å². The molecule has 2 aliphatic rings. The molecule has 1 aromatic rings. The molecule has 1 aliphatic carbocycles. The van der Waals surface area contributed by atoms with Gasteiger partial charge in [0.05, 0.1) is 6.04 Å². The quantitative estimate of drug-likeness (QED) is 0.863. The van der Waals surface area contributed by atoms with Gasteiger partial charge in [0.2, 0.25) is 0 Å². The molecule has 1 aliphatic heterocycles. The SMILES string of the molecule is O=C(COC(=O)C1(O)CCCC1)N1CCC[C@H]1c1cccs1. The summed E-state index contributed by atoms with van der Waals surface area (Å²) in [6.45, 7) is 0.423. The molecule has 1 saturated heterocycles. The number of aliphatic hydroxyl groups is 1. The Balaban J connectivity index is 1.56. The molecule has 0 radical (unpaired) electrons. The second-order valence-electron chi connectivity index (χ2n) is 6.08. The molecular formula is C16H21NO4S. The number of hydrogen-bond donors (Lipinski definition) is 1. The normalized spacial score (nSPS) is 23.7. The molecule has 1 N–H and O–H groups in total. The van der Waals surface area contributed by atoms with Crippen LogP contribution in [0, 0.1) is 0 Å². The third kappa shape index (κ3) is 3.03. The van der Waals surface area contributed by atoms with Crippen molar-refractivity contribution in [3.63, 3.8) is 0 Å². The zero-order chi connectivity index (χ0) is 15.6. The first kappa shape index (κ1) is 15.5. The van der Waals surface area contributed by atoms with Crippen molar-refractivity contribution in [2.24, 2.45) is 0 Å². The number of ether oxygens (including phenoxy) is 1. The van der Waals surface area contributed by atoms with Gasteiger partial charge < -0.3 is 14.7 Å². The van der Waals surface area contributed by atoms with Crippen LogP contribution in [-0.2, 0) is 14.3 Å². The van der Waals surface area contributed by atoms with E-state index < -0.39 is 11.6 Å². The van der Waals surface area contributed by atoms with Gasteiger partial charge in [0, 0.05) is 11.4 Å². The van der Waals surface area contributed by atoms with E-state index in [9.17, 15) is 14.7 Å². The van der Waals surface area contributed by atoms with E-state index in [1.165, 1.54) is 4.88 Å². The minimum atomic E-state index is -1.38. The first-order chi connectivity index (χ1) is 10.6. The molecule has 2 heterocycles. The number of amides is 1.